The van der Waals surface area contributed by atoms with Crippen molar-refractivity contribution in [1.29, 1.82) is 5.26 Å². The van der Waals surface area contributed by atoms with Gasteiger partial charge in [-0.15, -0.1) is 0 Å². The van der Waals surface area contributed by atoms with Crippen LogP contribution in [0.5, 0.6) is 0 Å². The number of carboxylic acids is 1. The summed E-state index contributed by atoms with van der Waals surface area (Å²) in [6.07, 6.45) is -2.90. The van der Waals surface area contributed by atoms with Gasteiger partial charge in [-0.05, 0) is 28.7 Å². The number of aromatic carboxylic acids is 1. The second-order valence-corrected chi connectivity index (χ2v) is 3.55. The fourth-order valence-corrected chi connectivity index (χ4v) is 1.52. The largest absolute Gasteiger partial charge is 0.477 e. The highest BCUT2D eigenvalue weighted by Crippen LogP contribution is 2.25. The van der Waals surface area contributed by atoms with Crippen LogP contribution < -0.4 is 0 Å². The summed E-state index contributed by atoms with van der Waals surface area (Å²) in [6.45, 7) is 0. The minimum atomic E-state index is -2.90. The van der Waals surface area contributed by atoms with Gasteiger partial charge in [-0.25, -0.2) is 18.6 Å². The lowest BCUT2D eigenvalue weighted by atomic mass is 10.2. The molecular formula is C8H3F2IN2O2. The lowest BCUT2D eigenvalue weighted by molar-refractivity contribution is 0.0688. The second kappa shape index (κ2) is 4.48. The van der Waals surface area contributed by atoms with Crippen molar-refractivity contribution in [2.75, 3.05) is 0 Å². The van der Waals surface area contributed by atoms with Gasteiger partial charge in [-0.3, -0.25) is 0 Å². The molecule has 0 aliphatic rings. The standard InChI is InChI=1S/C8H3F2IN2O2/c9-7(10)6-5(11)3(2-12)1-4(13-6)8(14)15/h1,7H,(H,14,15). The van der Waals surface area contributed by atoms with Gasteiger partial charge < -0.3 is 5.11 Å². The van der Waals surface area contributed by atoms with E-state index < -0.39 is 23.8 Å². The van der Waals surface area contributed by atoms with Crippen molar-refractivity contribution >= 4 is 28.6 Å². The molecule has 0 aromatic carbocycles. The van der Waals surface area contributed by atoms with Crippen LogP contribution in [0.15, 0.2) is 6.07 Å². The molecule has 15 heavy (non-hydrogen) atoms. The number of carbonyl (C=O) groups is 1. The Morgan fingerprint density at radius 1 is 1.67 bits per heavy atom. The van der Waals surface area contributed by atoms with Crippen molar-refractivity contribution in [1.82, 2.24) is 4.98 Å². The highest BCUT2D eigenvalue weighted by molar-refractivity contribution is 14.1. The molecule has 0 amide bonds. The smallest absolute Gasteiger partial charge is 0.354 e. The van der Waals surface area contributed by atoms with Crippen LogP contribution in [0, 0.1) is 14.9 Å². The molecule has 0 radical (unpaired) electrons. The molecular weight excluding hydrogens is 321 g/mol. The number of rotatable bonds is 2. The maximum atomic E-state index is 12.4. The number of hydrogen-bond donors (Lipinski definition) is 1. The number of aromatic nitrogens is 1. The van der Waals surface area contributed by atoms with Crippen LogP contribution in [0.2, 0.25) is 0 Å². The van der Waals surface area contributed by atoms with Crippen molar-refractivity contribution in [3.05, 3.63) is 26.6 Å². The summed E-state index contributed by atoms with van der Waals surface area (Å²) < 4.78 is 24.8. The molecule has 0 unspecified atom stereocenters. The molecule has 78 valence electrons. The van der Waals surface area contributed by atoms with Gasteiger partial charge in [0.05, 0.1) is 9.13 Å². The Labute approximate surface area is 96.7 Å². The minimum Gasteiger partial charge on any atom is -0.477 e. The van der Waals surface area contributed by atoms with Gasteiger partial charge in [0.25, 0.3) is 6.43 Å². The van der Waals surface area contributed by atoms with Crippen molar-refractivity contribution in [3.63, 3.8) is 0 Å². The summed E-state index contributed by atoms with van der Waals surface area (Å²) in [4.78, 5) is 13.8. The Morgan fingerprint density at radius 3 is 2.67 bits per heavy atom. The molecule has 0 spiro atoms. The Morgan fingerprint density at radius 2 is 2.27 bits per heavy atom. The summed E-state index contributed by atoms with van der Waals surface area (Å²) in [5.41, 5.74) is -1.34. The number of halogens is 3. The van der Waals surface area contributed by atoms with Gasteiger partial charge >= 0.3 is 5.97 Å². The normalized spacial score (nSPS) is 10.1. The number of alkyl halides is 2. The zero-order valence-electron chi connectivity index (χ0n) is 7.04. The molecule has 1 rings (SSSR count). The first-order chi connectivity index (χ1) is 6.97. The van der Waals surface area contributed by atoms with Gasteiger partial charge in [-0.2, -0.15) is 5.26 Å². The van der Waals surface area contributed by atoms with Crippen molar-refractivity contribution in [3.8, 4) is 6.07 Å². The Hall–Kier alpha value is -1.30. The van der Waals surface area contributed by atoms with Crippen LogP contribution in [0.1, 0.15) is 28.2 Å². The van der Waals surface area contributed by atoms with Gasteiger partial charge in [0.2, 0.25) is 0 Å². The molecule has 0 bridgehead atoms. The van der Waals surface area contributed by atoms with Crippen LogP contribution in [0.25, 0.3) is 0 Å². The fraction of sp³-hybridized carbons (Fsp3) is 0.125. The zero-order valence-corrected chi connectivity index (χ0v) is 9.20. The molecule has 1 heterocycles. The predicted molar refractivity (Wildman–Crippen MR) is 53.6 cm³/mol. The summed E-state index contributed by atoms with van der Waals surface area (Å²) in [5.74, 6) is -1.44. The van der Waals surface area contributed by atoms with E-state index in [1.54, 1.807) is 6.07 Å². The van der Waals surface area contributed by atoms with Crippen LogP contribution in [0.3, 0.4) is 0 Å². The van der Waals surface area contributed by atoms with Crippen LogP contribution >= 0.6 is 22.6 Å². The maximum absolute atomic E-state index is 12.4. The summed E-state index contributed by atoms with van der Waals surface area (Å²) in [7, 11) is 0. The van der Waals surface area contributed by atoms with Crippen molar-refractivity contribution < 1.29 is 18.7 Å². The maximum Gasteiger partial charge on any atom is 0.354 e. The molecule has 0 saturated heterocycles. The molecule has 0 aliphatic heterocycles. The molecule has 1 N–H and O–H groups in total. The summed E-state index contributed by atoms with van der Waals surface area (Å²) in [5, 5.41) is 17.2. The summed E-state index contributed by atoms with van der Waals surface area (Å²) in [6, 6.07) is 2.61. The van der Waals surface area contributed by atoms with E-state index in [0.29, 0.717) is 0 Å². The average molecular weight is 324 g/mol. The third-order valence-electron chi connectivity index (χ3n) is 1.53. The average Bonchev–Trinajstić information content (AvgIpc) is 2.17. The molecule has 0 fully saturated rings. The predicted octanol–water partition coefficient (Wildman–Crippen LogP) is 2.19. The number of nitriles is 1. The third-order valence-corrected chi connectivity index (χ3v) is 2.66. The van der Waals surface area contributed by atoms with Gasteiger partial charge in [0, 0.05) is 0 Å². The fourth-order valence-electron chi connectivity index (χ4n) is 0.885. The first kappa shape index (κ1) is 11.8. The lowest BCUT2D eigenvalue weighted by Gasteiger charge is -2.05. The third kappa shape index (κ3) is 2.38. The number of nitrogens with zero attached hydrogens (tertiary/aromatic N) is 2. The Balaban J connectivity index is 3.47. The first-order valence-electron chi connectivity index (χ1n) is 3.59. The van der Waals surface area contributed by atoms with Crippen LogP contribution in [-0.2, 0) is 0 Å². The van der Waals surface area contributed by atoms with E-state index >= 15 is 0 Å². The van der Waals surface area contributed by atoms with E-state index in [4.69, 9.17) is 10.4 Å². The lowest BCUT2D eigenvalue weighted by Crippen LogP contribution is -2.07. The van der Waals surface area contributed by atoms with E-state index in [2.05, 4.69) is 4.98 Å². The minimum absolute atomic E-state index is 0.0184. The molecule has 0 aliphatic carbocycles. The quantitative estimate of drug-likeness (QED) is 0.847. The van der Waals surface area contributed by atoms with Gasteiger partial charge in [0.1, 0.15) is 17.5 Å². The number of pyridine rings is 1. The SMILES string of the molecule is N#Cc1cc(C(=O)O)nc(C(F)F)c1I. The molecule has 7 heteroatoms. The highest BCUT2D eigenvalue weighted by atomic mass is 127. The van der Waals surface area contributed by atoms with Gasteiger partial charge in [0.15, 0.2) is 0 Å². The summed E-state index contributed by atoms with van der Waals surface area (Å²) >= 11 is 1.54. The van der Waals surface area contributed by atoms with E-state index in [-0.39, 0.29) is 9.13 Å². The van der Waals surface area contributed by atoms with E-state index in [9.17, 15) is 13.6 Å². The molecule has 0 atom stereocenters. The Bertz CT molecular complexity index is 457. The van der Waals surface area contributed by atoms with Crippen LogP contribution in [0.4, 0.5) is 8.78 Å². The molecule has 1 aromatic heterocycles. The monoisotopic (exact) mass is 324 g/mol. The highest BCUT2D eigenvalue weighted by Gasteiger charge is 2.20. The Kier molecular flexibility index (Phi) is 3.52. The molecule has 1 aromatic rings. The topological polar surface area (TPSA) is 74.0 Å². The molecule has 0 saturated carbocycles. The van der Waals surface area contributed by atoms with E-state index in [1.807, 2.05) is 0 Å². The number of hydrogen-bond acceptors (Lipinski definition) is 3. The van der Waals surface area contributed by atoms with E-state index in [1.165, 1.54) is 22.6 Å². The van der Waals surface area contributed by atoms with E-state index in [0.717, 1.165) is 6.07 Å². The second-order valence-electron chi connectivity index (χ2n) is 2.47. The van der Waals surface area contributed by atoms with Crippen molar-refractivity contribution in [2.24, 2.45) is 0 Å². The zero-order chi connectivity index (χ0) is 11.6. The molecule has 4 nitrogen and oxygen atoms in total. The first-order valence-corrected chi connectivity index (χ1v) is 4.67. The van der Waals surface area contributed by atoms with Crippen LogP contribution in [-0.4, -0.2) is 16.1 Å². The van der Waals surface area contributed by atoms with Crippen molar-refractivity contribution in [2.45, 2.75) is 6.43 Å². The van der Waals surface area contributed by atoms with Gasteiger partial charge in [-0.1, -0.05) is 0 Å². The number of carboxylic acid groups (broad SMARTS) is 1.